The predicted octanol–water partition coefficient (Wildman–Crippen LogP) is 4.81. The third-order valence-corrected chi connectivity index (χ3v) is 4.77. The Hall–Kier alpha value is -3.18. The maximum atomic E-state index is 13.8. The molecule has 0 unspecified atom stereocenters. The Morgan fingerprint density at radius 1 is 1.00 bits per heavy atom. The topological polar surface area (TPSA) is 46.9 Å². The van der Waals surface area contributed by atoms with Gasteiger partial charge in [0.2, 0.25) is 0 Å². The van der Waals surface area contributed by atoms with E-state index in [4.69, 9.17) is 11.6 Å². The van der Waals surface area contributed by atoms with Crippen molar-refractivity contribution in [2.75, 3.05) is 0 Å². The van der Waals surface area contributed by atoms with Crippen molar-refractivity contribution in [2.24, 2.45) is 0 Å². The van der Waals surface area contributed by atoms with Gasteiger partial charge in [0.25, 0.3) is 5.91 Å². The molecule has 1 aromatic heterocycles. The highest BCUT2D eigenvalue weighted by molar-refractivity contribution is 6.30. The van der Waals surface area contributed by atoms with Gasteiger partial charge in [0.15, 0.2) is 0 Å². The first kappa shape index (κ1) is 18.2. The van der Waals surface area contributed by atoms with E-state index in [9.17, 15) is 9.18 Å². The van der Waals surface area contributed by atoms with Crippen LogP contribution >= 0.6 is 11.6 Å². The molecule has 0 aliphatic heterocycles. The van der Waals surface area contributed by atoms with Crippen molar-refractivity contribution in [3.8, 4) is 0 Å². The second-order valence-electron chi connectivity index (χ2n) is 6.39. The number of rotatable bonds is 5. The third-order valence-electron chi connectivity index (χ3n) is 4.51. The summed E-state index contributed by atoms with van der Waals surface area (Å²) < 4.78 is 15.9. The number of carbonyl (C=O) groups is 1. The molecule has 1 N–H and O–H groups in total. The third kappa shape index (κ3) is 3.75. The Morgan fingerprint density at radius 3 is 2.50 bits per heavy atom. The summed E-state index contributed by atoms with van der Waals surface area (Å²) in [4.78, 5) is 17.0. The Morgan fingerprint density at radius 2 is 1.71 bits per heavy atom. The number of hydrogen-bond acceptors (Lipinski definition) is 2. The molecule has 0 aliphatic rings. The van der Waals surface area contributed by atoms with Gasteiger partial charge in [-0.25, -0.2) is 9.37 Å². The van der Waals surface area contributed by atoms with Gasteiger partial charge in [-0.3, -0.25) is 4.79 Å². The van der Waals surface area contributed by atoms with Crippen LogP contribution in [0.4, 0.5) is 4.39 Å². The summed E-state index contributed by atoms with van der Waals surface area (Å²) in [7, 11) is 0. The second-order valence-corrected chi connectivity index (χ2v) is 6.83. The minimum absolute atomic E-state index is 0.0165. The molecular formula is C22H17ClFN3O. The van der Waals surface area contributed by atoms with E-state index in [-0.39, 0.29) is 12.1 Å². The quantitative estimate of drug-likeness (QED) is 0.529. The highest BCUT2D eigenvalue weighted by Gasteiger charge is 2.14. The highest BCUT2D eigenvalue weighted by atomic mass is 35.5. The molecule has 0 radical (unpaired) electrons. The Balaban J connectivity index is 1.62. The van der Waals surface area contributed by atoms with Crippen LogP contribution in [-0.2, 0) is 13.1 Å². The van der Waals surface area contributed by atoms with Crippen LogP contribution in [0.25, 0.3) is 11.0 Å². The number of nitrogens with zero attached hydrogens (tertiary/aromatic N) is 2. The molecule has 0 bridgehead atoms. The number of fused-ring (bicyclic) bond motifs is 1. The lowest BCUT2D eigenvalue weighted by atomic mass is 10.2. The van der Waals surface area contributed by atoms with Crippen molar-refractivity contribution < 1.29 is 9.18 Å². The number of aromatic nitrogens is 2. The Labute approximate surface area is 166 Å². The molecule has 4 rings (SSSR count). The van der Waals surface area contributed by atoms with E-state index in [0.29, 0.717) is 17.4 Å². The molecule has 28 heavy (non-hydrogen) atoms. The molecule has 6 heteroatoms. The van der Waals surface area contributed by atoms with Gasteiger partial charge in [0, 0.05) is 11.6 Å². The lowest BCUT2D eigenvalue weighted by molar-refractivity contribution is 0.0945. The SMILES string of the molecule is O=C(NCc1nc2ccccc2n1Cc1ccc(Cl)cc1)c1ccccc1F. The van der Waals surface area contributed by atoms with Crippen molar-refractivity contribution in [3.05, 3.63) is 101 Å². The molecule has 1 heterocycles. The molecule has 4 nitrogen and oxygen atoms in total. The second kappa shape index (κ2) is 7.82. The first-order valence-electron chi connectivity index (χ1n) is 8.83. The van der Waals surface area contributed by atoms with Crippen LogP contribution in [0.5, 0.6) is 0 Å². The Bertz CT molecular complexity index is 1140. The van der Waals surface area contributed by atoms with Crippen molar-refractivity contribution >= 4 is 28.5 Å². The van der Waals surface area contributed by atoms with Crippen molar-refractivity contribution in [3.63, 3.8) is 0 Å². The standard InChI is InChI=1S/C22H17ClFN3O/c23-16-11-9-15(10-12-16)14-27-20-8-4-3-7-19(20)26-21(27)13-25-22(28)17-5-1-2-6-18(17)24/h1-12H,13-14H2,(H,25,28). The molecular weight excluding hydrogens is 377 g/mol. The number of nitrogens with one attached hydrogen (secondary N) is 1. The van der Waals surface area contributed by atoms with Gasteiger partial charge < -0.3 is 9.88 Å². The van der Waals surface area contributed by atoms with Gasteiger partial charge in [-0.2, -0.15) is 0 Å². The zero-order valence-corrected chi connectivity index (χ0v) is 15.7. The van der Waals surface area contributed by atoms with Crippen LogP contribution in [0.15, 0.2) is 72.8 Å². The summed E-state index contributed by atoms with van der Waals surface area (Å²) in [6.45, 7) is 0.776. The van der Waals surface area contributed by atoms with E-state index >= 15 is 0 Å². The molecule has 0 fully saturated rings. The monoisotopic (exact) mass is 393 g/mol. The molecule has 0 saturated heterocycles. The van der Waals surface area contributed by atoms with E-state index in [1.807, 2.05) is 53.1 Å². The zero-order chi connectivity index (χ0) is 19.5. The Kier molecular flexibility index (Phi) is 5.08. The van der Waals surface area contributed by atoms with E-state index in [1.54, 1.807) is 12.1 Å². The normalized spacial score (nSPS) is 10.9. The minimum Gasteiger partial charge on any atom is -0.345 e. The highest BCUT2D eigenvalue weighted by Crippen LogP contribution is 2.19. The van der Waals surface area contributed by atoms with E-state index in [0.717, 1.165) is 16.6 Å². The van der Waals surface area contributed by atoms with Crippen LogP contribution in [0.1, 0.15) is 21.7 Å². The largest absolute Gasteiger partial charge is 0.345 e. The number of amides is 1. The summed E-state index contributed by atoms with van der Waals surface area (Å²) in [5.41, 5.74) is 2.89. The predicted molar refractivity (Wildman–Crippen MR) is 108 cm³/mol. The first-order valence-corrected chi connectivity index (χ1v) is 9.21. The zero-order valence-electron chi connectivity index (χ0n) is 14.9. The number of carbonyl (C=O) groups excluding carboxylic acids is 1. The fourth-order valence-corrected chi connectivity index (χ4v) is 3.24. The van der Waals surface area contributed by atoms with Crippen molar-refractivity contribution in [1.29, 1.82) is 0 Å². The van der Waals surface area contributed by atoms with Crippen molar-refractivity contribution in [1.82, 2.24) is 14.9 Å². The molecule has 0 atom stereocenters. The van der Waals surface area contributed by atoms with Gasteiger partial charge in [-0.1, -0.05) is 48.0 Å². The summed E-state index contributed by atoms with van der Waals surface area (Å²) in [5, 5.41) is 3.45. The molecule has 140 valence electrons. The summed E-state index contributed by atoms with van der Waals surface area (Å²) in [6.07, 6.45) is 0. The van der Waals surface area contributed by atoms with Crippen LogP contribution in [0.2, 0.25) is 5.02 Å². The fourth-order valence-electron chi connectivity index (χ4n) is 3.11. The minimum atomic E-state index is -0.547. The molecule has 1 amide bonds. The molecule has 0 spiro atoms. The van der Waals surface area contributed by atoms with Crippen LogP contribution in [0.3, 0.4) is 0 Å². The summed E-state index contributed by atoms with van der Waals surface area (Å²) in [5.74, 6) is -0.321. The fraction of sp³-hybridized carbons (Fsp3) is 0.0909. The van der Waals surface area contributed by atoms with E-state index < -0.39 is 11.7 Å². The van der Waals surface area contributed by atoms with Gasteiger partial charge in [0.05, 0.1) is 23.1 Å². The smallest absolute Gasteiger partial charge is 0.254 e. The van der Waals surface area contributed by atoms with Crippen LogP contribution < -0.4 is 5.32 Å². The van der Waals surface area contributed by atoms with E-state index in [2.05, 4.69) is 10.3 Å². The maximum absolute atomic E-state index is 13.8. The lowest BCUT2D eigenvalue weighted by Gasteiger charge is -2.11. The lowest BCUT2D eigenvalue weighted by Crippen LogP contribution is -2.25. The summed E-state index contributed by atoms with van der Waals surface area (Å²) >= 11 is 5.98. The average Bonchev–Trinajstić information content (AvgIpc) is 3.06. The van der Waals surface area contributed by atoms with Gasteiger partial charge in [-0.05, 0) is 42.0 Å². The van der Waals surface area contributed by atoms with Gasteiger partial charge in [0.1, 0.15) is 11.6 Å². The first-order chi connectivity index (χ1) is 13.6. The number of benzene rings is 3. The molecule has 4 aromatic rings. The number of hydrogen-bond donors (Lipinski definition) is 1. The number of para-hydroxylation sites is 2. The van der Waals surface area contributed by atoms with E-state index in [1.165, 1.54) is 12.1 Å². The summed E-state index contributed by atoms with van der Waals surface area (Å²) in [6, 6.07) is 21.3. The van der Waals surface area contributed by atoms with Gasteiger partial charge >= 0.3 is 0 Å². The maximum Gasteiger partial charge on any atom is 0.254 e. The average molecular weight is 394 g/mol. The van der Waals surface area contributed by atoms with Gasteiger partial charge in [-0.15, -0.1) is 0 Å². The van der Waals surface area contributed by atoms with Crippen LogP contribution in [-0.4, -0.2) is 15.5 Å². The number of halogens is 2. The molecule has 3 aromatic carbocycles. The molecule has 0 saturated carbocycles. The van der Waals surface area contributed by atoms with Crippen molar-refractivity contribution in [2.45, 2.75) is 13.1 Å². The molecule has 0 aliphatic carbocycles. The van der Waals surface area contributed by atoms with Crippen LogP contribution in [0, 0.1) is 5.82 Å². The number of imidazole rings is 1.